The number of benzene rings is 2. The van der Waals surface area contributed by atoms with Gasteiger partial charge in [0.25, 0.3) is 5.91 Å². The van der Waals surface area contributed by atoms with Gasteiger partial charge in [0.15, 0.2) is 0 Å². The van der Waals surface area contributed by atoms with Crippen molar-refractivity contribution in [1.82, 2.24) is 5.32 Å². The van der Waals surface area contributed by atoms with E-state index in [0.717, 1.165) is 5.75 Å². The molecule has 0 radical (unpaired) electrons. The Morgan fingerprint density at radius 3 is 2.42 bits per heavy atom. The minimum Gasteiger partial charge on any atom is -0.497 e. The van der Waals surface area contributed by atoms with E-state index in [1.54, 1.807) is 55.6 Å². The Labute approximate surface area is 152 Å². The summed E-state index contributed by atoms with van der Waals surface area (Å²) in [4.78, 5) is 12.1. The van der Waals surface area contributed by atoms with Crippen LogP contribution in [0.5, 0.6) is 11.5 Å². The number of hydrogen-bond acceptors (Lipinski definition) is 6. The zero-order chi connectivity index (χ0) is 18.8. The second-order valence-electron chi connectivity index (χ2n) is 5.22. The summed E-state index contributed by atoms with van der Waals surface area (Å²) in [5, 5.41) is 14.6. The molecule has 0 saturated carbocycles. The van der Waals surface area contributed by atoms with Crippen molar-refractivity contribution in [3.8, 4) is 17.6 Å². The maximum Gasteiger partial charge on any atom is 0.267 e. The number of hydrogen-bond donors (Lipinski definition) is 3. The lowest BCUT2D eigenvalue weighted by Crippen LogP contribution is -2.20. The van der Waals surface area contributed by atoms with E-state index in [-0.39, 0.29) is 5.57 Å². The van der Waals surface area contributed by atoms with E-state index in [1.807, 2.05) is 6.07 Å². The molecule has 0 aromatic heterocycles. The molecular formula is C19H20N4O3. The third-order valence-electron chi connectivity index (χ3n) is 3.35. The van der Waals surface area contributed by atoms with Crippen LogP contribution < -0.4 is 25.8 Å². The van der Waals surface area contributed by atoms with Gasteiger partial charge in [-0.2, -0.15) is 5.26 Å². The average molecular weight is 352 g/mol. The molecule has 2 aromatic rings. The average Bonchev–Trinajstić information content (AvgIpc) is 2.67. The fraction of sp³-hybridized carbons (Fsp3) is 0.158. The Bertz CT molecular complexity index is 793. The van der Waals surface area contributed by atoms with Gasteiger partial charge in [-0.05, 0) is 48.5 Å². The Balaban J connectivity index is 1.78. The summed E-state index contributed by atoms with van der Waals surface area (Å²) in [6.07, 6.45) is 1.37. The van der Waals surface area contributed by atoms with Gasteiger partial charge in [-0.25, -0.2) is 0 Å². The SMILES string of the molecule is COc1ccc(OCCN/C=C(/C#N)C(=O)Nc2ccc(N)cc2)cc1. The Morgan fingerprint density at radius 2 is 1.81 bits per heavy atom. The standard InChI is InChI=1S/C19H20N4O3/c1-25-17-6-8-18(9-7-17)26-11-10-22-13-14(12-20)19(24)23-16-4-2-15(21)3-5-16/h2-9,13,22H,10-11,21H2,1H3,(H,23,24)/b14-13-. The van der Waals surface area contributed by atoms with Crippen LogP contribution in [0.2, 0.25) is 0 Å². The maximum absolute atomic E-state index is 12.1. The zero-order valence-corrected chi connectivity index (χ0v) is 14.4. The first-order chi connectivity index (χ1) is 12.6. The first-order valence-electron chi connectivity index (χ1n) is 7.90. The van der Waals surface area contributed by atoms with Gasteiger partial charge < -0.3 is 25.8 Å². The van der Waals surface area contributed by atoms with Gasteiger partial charge in [-0.3, -0.25) is 4.79 Å². The lowest BCUT2D eigenvalue weighted by Gasteiger charge is -2.08. The van der Waals surface area contributed by atoms with Crippen LogP contribution in [-0.4, -0.2) is 26.2 Å². The van der Waals surface area contributed by atoms with Crippen molar-refractivity contribution in [1.29, 1.82) is 5.26 Å². The number of rotatable bonds is 8. The van der Waals surface area contributed by atoms with Crippen LogP contribution in [0.3, 0.4) is 0 Å². The second kappa shape index (κ2) is 9.59. The zero-order valence-electron chi connectivity index (χ0n) is 14.4. The third kappa shape index (κ3) is 5.76. The van der Waals surface area contributed by atoms with E-state index < -0.39 is 5.91 Å². The number of nitrogen functional groups attached to an aromatic ring is 1. The van der Waals surface area contributed by atoms with Gasteiger partial charge in [0.2, 0.25) is 0 Å². The Kier molecular flexibility index (Phi) is 6.89. The molecule has 0 saturated heterocycles. The fourth-order valence-corrected chi connectivity index (χ4v) is 1.99. The smallest absolute Gasteiger partial charge is 0.267 e. The predicted molar refractivity (Wildman–Crippen MR) is 99.7 cm³/mol. The van der Waals surface area contributed by atoms with Gasteiger partial charge in [-0.15, -0.1) is 0 Å². The van der Waals surface area contributed by atoms with E-state index in [2.05, 4.69) is 10.6 Å². The highest BCUT2D eigenvalue weighted by Crippen LogP contribution is 2.16. The monoisotopic (exact) mass is 352 g/mol. The van der Waals surface area contributed by atoms with Gasteiger partial charge in [0.1, 0.15) is 29.7 Å². The molecule has 26 heavy (non-hydrogen) atoms. The van der Waals surface area contributed by atoms with Crippen molar-refractivity contribution in [2.24, 2.45) is 0 Å². The number of carbonyl (C=O) groups is 1. The van der Waals surface area contributed by atoms with Crippen LogP contribution in [0.25, 0.3) is 0 Å². The molecular weight excluding hydrogens is 332 g/mol. The molecule has 0 unspecified atom stereocenters. The highest BCUT2D eigenvalue weighted by Gasteiger charge is 2.08. The molecule has 1 amide bonds. The Morgan fingerprint density at radius 1 is 1.15 bits per heavy atom. The quantitative estimate of drug-likeness (QED) is 0.291. The van der Waals surface area contributed by atoms with Gasteiger partial charge in [0.05, 0.1) is 7.11 Å². The number of amides is 1. The first-order valence-corrected chi connectivity index (χ1v) is 7.90. The molecule has 0 heterocycles. The summed E-state index contributed by atoms with van der Waals surface area (Å²) in [6.45, 7) is 0.813. The maximum atomic E-state index is 12.1. The van der Waals surface area contributed by atoms with E-state index in [0.29, 0.717) is 30.3 Å². The second-order valence-corrected chi connectivity index (χ2v) is 5.22. The number of nitrogens with zero attached hydrogens (tertiary/aromatic N) is 1. The molecule has 0 aliphatic carbocycles. The van der Waals surface area contributed by atoms with Crippen LogP contribution in [-0.2, 0) is 4.79 Å². The van der Waals surface area contributed by atoms with E-state index in [4.69, 9.17) is 20.5 Å². The largest absolute Gasteiger partial charge is 0.497 e. The van der Waals surface area contributed by atoms with Gasteiger partial charge in [0, 0.05) is 24.1 Å². The number of methoxy groups -OCH3 is 1. The summed E-state index contributed by atoms with van der Waals surface area (Å²) in [5.41, 5.74) is 6.71. The summed E-state index contributed by atoms with van der Waals surface area (Å²) >= 11 is 0. The summed E-state index contributed by atoms with van der Waals surface area (Å²) in [6, 6.07) is 15.7. The van der Waals surface area contributed by atoms with Crippen molar-refractivity contribution in [2.45, 2.75) is 0 Å². The minimum absolute atomic E-state index is 0.0359. The Hall–Kier alpha value is -3.66. The van der Waals surface area contributed by atoms with Crippen LogP contribution in [0.15, 0.2) is 60.3 Å². The van der Waals surface area contributed by atoms with Crippen molar-refractivity contribution in [3.63, 3.8) is 0 Å². The lowest BCUT2D eigenvalue weighted by atomic mass is 10.2. The van der Waals surface area contributed by atoms with Crippen LogP contribution in [0.4, 0.5) is 11.4 Å². The molecule has 0 fully saturated rings. The predicted octanol–water partition coefficient (Wildman–Crippen LogP) is 2.29. The third-order valence-corrected chi connectivity index (χ3v) is 3.35. The number of ether oxygens (including phenoxy) is 2. The topological polar surface area (TPSA) is 109 Å². The van der Waals surface area contributed by atoms with Crippen LogP contribution in [0, 0.1) is 11.3 Å². The van der Waals surface area contributed by atoms with Crippen LogP contribution in [0.1, 0.15) is 0 Å². The van der Waals surface area contributed by atoms with Crippen molar-refractivity contribution in [2.75, 3.05) is 31.3 Å². The molecule has 0 atom stereocenters. The molecule has 7 nitrogen and oxygen atoms in total. The van der Waals surface area contributed by atoms with Crippen molar-refractivity contribution >= 4 is 17.3 Å². The minimum atomic E-state index is -0.499. The van der Waals surface area contributed by atoms with E-state index >= 15 is 0 Å². The van der Waals surface area contributed by atoms with Crippen LogP contribution >= 0.6 is 0 Å². The highest BCUT2D eigenvalue weighted by atomic mass is 16.5. The molecule has 0 aliphatic rings. The molecule has 4 N–H and O–H groups in total. The molecule has 0 aliphatic heterocycles. The molecule has 2 rings (SSSR count). The summed E-state index contributed by atoms with van der Waals surface area (Å²) < 4.78 is 10.6. The molecule has 134 valence electrons. The van der Waals surface area contributed by atoms with E-state index in [1.165, 1.54) is 6.20 Å². The van der Waals surface area contributed by atoms with Gasteiger partial charge >= 0.3 is 0 Å². The van der Waals surface area contributed by atoms with Crippen molar-refractivity contribution < 1.29 is 14.3 Å². The first kappa shape index (κ1) is 18.7. The number of carbonyl (C=O) groups excluding carboxylic acids is 1. The molecule has 0 spiro atoms. The summed E-state index contributed by atoms with van der Waals surface area (Å²) in [5.74, 6) is 0.961. The fourth-order valence-electron chi connectivity index (χ4n) is 1.99. The molecule has 7 heteroatoms. The molecule has 0 bridgehead atoms. The number of nitriles is 1. The summed E-state index contributed by atoms with van der Waals surface area (Å²) in [7, 11) is 1.60. The lowest BCUT2D eigenvalue weighted by molar-refractivity contribution is -0.112. The molecule has 2 aromatic carbocycles. The van der Waals surface area contributed by atoms with E-state index in [9.17, 15) is 4.79 Å². The number of nitrogens with two attached hydrogens (primary N) is 1. The normalized spacial score (nSPS) is 10.5. The van der Waals surface area contributed by atoms with Gasteiger partial charge in [-0.1, -0.05) is 0 Å². The number of nitrogens with one attached hydrogen (secondary N) is 2. The van der Waals surface area contributed by atoms with Crippen molar-refractivity contribution in [3.05, 3.63) is 60.3 Å². The number of anilines is 2. The highest BCUT2D eigenvalue weighted by molar-refractivity contribution is 6.06.